The molecule has 35 heavy (non-hydrogen) atoms. The van der Waals surface area contributed by atoms with E-state index in [1.807, 2.05) is 0 Å². The Balaban J connectivity index is 1.40. The van der Waals surface area contributed by atoms with Crippen molar-refractivity contribution in [2.24, 2.45) is 12.8 Å². The maximum absolute atomic E-state index is 11.7. The number of aliphatic hydroxyl groups is 1. The number of benzene rings is 2. The number of aromatic nitrogens is 3. The highest BCUT2D eigenvalue weighted by molar-refractivity contribution is 7.90. The van der Waals surface area contributed by atoms with Crippen LogP contribution in [0.25, 0.3) is 11.4 Å². The molecule has 2 aromatic carbocycles. The van der Waals surface area contributed by atoms with Gasteiger partial charge in [-0.1, -0.05) is 0 Å². The van der Waals surface area contributed by atoms with Crippen LogP contribution >= 0.6 is 0 Å². The normalized spacial score (nSPS) is 12.3. The number of aromatic hydroxyl groups is 1. The van der Waals surface area contributed by atoms with E-state index >= 15 is 0 Å². The molecule has 5 N–H and O–H groups in total. The summed E-state index contributed by atoms with van der Waals surface area (Å²) in [6.45, 7) is 0.999. The van der Waals surface area contributed by atoms with E-state index in [1.54, 1.807) is 31.3 Å². The van der Waals surface area contributed by atoms with Crippen molar-refractivity contribution in [1.82, 2.24) is 20.1 Å². The van der Waals surface area contributed by atoms with Gasteiger partial charge in [-0.15, -0.1) is 10.2 Å². The van der Waals surface area contributed by atoms with Crippen LogP contribution in [0.2, 0.25) is 0 Å². The van der Waals surface area contributed by atoms with Gasteiger partial charge in [-0.2, -0.15) is 0 Å². The SMILES string of the molecule is Cn1c(-c2ccc(OCC(O)CNCCOc3ccc(O)c(C(N)=O)c3)cc2)nnc1S(C)(=O)=O. The number of aliphatic hydroxyl groups excluding tert-OH is 1. The summed E-state index contributed by atoms with van der Waals surface area (Å²) in [5.41, 5.74) is 5.83. The molecule has 0 aliphatic heterocycles. The van der Waals surface area contributed by atoms with E-state index in [2.05, 4.69) is 15.5 Å². The lowest BCUT2D eigenvalue weighted by molar-refractivity contribution is 0.0996. The van der Waals surface area contributed by atoms with Gasteiger partial charge >= 0.3 is 0 Å². The van der Waals surface area contributed by atoms with Crippen molar-refractivity contribution in [2.75, 3.05) is 32.6 Å². The van der Waals surface area contributed by atoms with Crippen molar-refractivity contribution >= 4 is 15.7 Å². The number of nitrogens with zero attached hydrogens (tertiary/aromatic N) is 3. The number of hydrogen-bond acceptors (Lipinski definition) is 10. The maximum Gasteiger partial charge on any atom is 0.252 e. The van der Waals surface area contributed by atoms with E-state index in [1.165, 1.54) is 22.8 Å². The summed E-state index contributed by atoms with van der Waals surface area (Å²) >= 11 is 0. The van der Waals surface area contributed by atoms with Crippen molar-refractivity contribution < 1.29 is 32.9 Å². The fourth-order valence-electron chi connectivity index (χ4n) is 3.15. The lowest BCUT2D eigenvalue weighted by Crippen LogP contribution is -2.33. The summed E-state index contributed by atoms with van der Waals surface area (Å²) in [6, 6.07) is 11.0. The molecule has 1 heterocycles. The van der Waals surface area contributed by atoms with Crippen LogP contribution < -0.4 is 20.5 Å². The molecule has 0 aliphatic carbocycles. The Morgan fingerprint density at radius 1 is 1.14 bits per heavy atom. The quantitative estimate of drug-likeness (QED) is 0.247. The molecule has 0 radical (unpaired) electrons. The molecule has 0 aliphatic rings. The fourth-order valence-corrected chi connectivity index (χ4v) is 3.93. The first-order chi connectivity index (χ1) is 16.6. The second kappa shape index (κ2) is 11.2. The largest absolute Gasteiger partial charge is 0.507 e. The number of rotatable bonds is 12. The summed E-state index contributed by atoms with van der Waals surface area (Å²) in [4.78, 5) is 11.2. The molecular formula is C22H27N5O7S. The average molecular weight is 506 g/mol. The molecule has 188 valence electrons. The number of carbonyl (C=O) groups is 1. The van der Waals surface area contributed by atoms with E-state index < -0.39 is 21.8 Å². The molecule has 1 aromatic heterocycles. The van der Waals surface area contributed by atoms with E-state index in [0.29, 0.717) is 29.4 Å². The van der Waals surface area contributed by atoms with Crippen molar-refractivity contribution in [3.05, 3.63) is 48.0 Å². The van der Waals surface area contributed by atoms with Gasteiger partial charge in [-0.3, -0.25) is 4.79 Å². The van der Waals surface area contributed by atoms with E-state index in [9.17, 15) is 23.4 Å². The van der Waals surface area contributed by atoms with Gasteiger partial charge in [0.2, 0.25) is 15.0 Å². The molecule has 13 heteroatoms. The van der Waals surface area contributed by atoms with Crippen molar-refractivity contribution in [2.45, 2.75) is 11.3 Å². The van der Waals surface area contributed by atoms with Crippen molar-refractivity contribution in [1.29, 1.82) is 0 Å². The van der Waals surface area contributed by atoms with E-state index in [-0.39, 0.29) is 36.2 Å². The zero-order valence-corrected chi connectivity index (χ0v) is 20.0. The molecule has 0 saturated heterocycles. The molecular weight excluding hydrogens is 478 g/mol. The van der Waals surface area contributed by atoms with Crippen LogP contribution in [0.1, 0.15) is 10.4 Å². The standard InChI is InChI=1S/C22H27N5O7S/c1-27-21(25-26-22(27)35(2,31)32)14-3-5-16(6-4-14)34-13-15(28)12-24-9-10-33-17-7-8-19(29)18(11-17)20(23)30/h3-8,11,15,24,28-29H,9-10,12-13H2,1-2H3,(H2,23,30). The molecule has 1 unspecified atom stereocenters. The zero-order chi connectivity index (χ0) is 25.6. The molecule has 0 fully saturated rings. The third kappa shape index (κ3) is 6.91. The van der Waals surface area contributed by atoms with Crippen molar-refractivity contribution in [3.8, 4) is 28.6 Å². The highest BCUT2D eigenvalue weighted by atomic mass is 32.2. The molecule has 1 amide bonds. The molecule has 0 bridgehead atoms. The molecule has 12 nitrogen and oxygen atoms in total. The van der Waals surface area contributed by atoms with Crippen LogP contribution in [0.4, 0.5) is 0 Å². The third-order valence-corrected chi connectivity index (χ3v) is 5.90. The van der Waals surface area contributed by atoms with E-state index in [0.717, 1.165) is 6.26 Å². The highest BCUT2D eigenvalue weighted by Crippen LogP contribution is 2.23. The van der Waals surface area contributed by atoms with Gasteiger partial charge in [0.25, 0.3) is 5.91 Å². The smallest absolute Gasteiger partial charge is 0.252 e. The van der Waals surface area contributed by atoms with Crippen LogP contribution in [-0.2, 0) is 16.9 Å². The summed E-state index contributed by atoms with van der Waals surface area (Å²) < 4.78 is 35.9. The van der Waals surface area contributed by atoms with Crippen LogP contribution in [0.5, 0.6) is 17.2 Å². The Labute approximate surface area is 202 Å². The number of primary amides is 1. The minimum Gasteiger partial charge on any atom is -0.507 e. The monoisotopic (exact) mass is 505 g/mol. The Morgan fingerprint density at radius 2 is 1.83 bits per heavy atom. The predicted octanol–water partition coefficient (Wildman–Crippen LogP) is 0.0984. The summed E-state index contributed by atoms with van der Waals surface area (Å²) in [5.74, 6) is 0.356. The number of phenols is 1. The van der Waals surface area contributed by atoms with Crippen LogP contribution in [0, 0.1) is 0 Å². The van der Waals surface area contributed by atoms with Gasteiger partial charge in [0.1, 0.15) is 36.6 Å². The van der Waals surface area contributed by atoms with Crippen LogP contribution in [-0.4, -0.2) is 78.0 Å². The summed E-state index contributed by atoms with van der Waals surface area (Å²) in [7, 11) is -1.91. The lowest BCUT2D eigenvalue weighted by atomic mass is 10.2. The first kappa shape index (κ1) is 25.9. The predicted molar refractivity (Wildman–Crippen MR) is 126 cm³/mol. The Morgan fingerprint density at radius 3 is 2.46 bits per heavy atom. The van der Waals surface area contributed by atoms with Crippen LogP contribution in [0.3, 0.4) is 0 Å². The van der Waals surface area contributed by atoms with Gasteiger partial charge in [0.05, 0.1) is 5.56 Å². The zero-order valence-electron chi connectivity index (χ0n) is 19.2. The fraction of sp³-hybridized carbons (Fsp3) is 0.318. The van der Waals surface area contributed by atoms with Gasteiger partial charge < -0.3 is 35.3 Å². The van der Waals surface area contributed by atoms with Gasteiger partial charge in [0.15, 0.2) is 5.82 Å². The highest BCUT2D eigenvalue weighted by Gasteiger charge is 2.19. The number of nitrogens with two attached hydrogens (primary N) is 1. The average Bonchev–Trinajstić information content (AvgIpc) is 3.20. The second-order valence-electron chi connectivity index (χ2n) is 7.72. The lowest BCUT2D eigenvalue weighted by Gasteiger charge is -2.14. The Hall–Kier alpha value is -3.68. The van der Waals surface area contributed by atoms with Crippen molar-refractivity contribution in [3.63, 3.8) is 0 Å². The second-order valence-corrected chi connectivity index (χ2v) is 9.63. The maximum atomic E-state index is 11.7. The Kier molecular flexibility index (Phi) is 8.27. The van der Waals surface area contributed by atoms with Gasteiger partial charge in [-0.25, -0.2) is 8.42 Å². The molecule has 3 rings (SSSR count). The first-order valence-corrected chi connectivity index (χ1v) is 12.4. The number of hydrogen-bond donors (Lipinski definition) is 4. The van der Waals surface area contributed by atoms with Crippen LogP contribution in [0.15, 0.2) is 47.6 Å². The number of sulfone groups is 1. The number of carbonyl (C=O) groups excluding carboxylic acids is 1. The third-order valence-electron chi connectivity index (χ3n) is 4.88. The number of ether oxygens (including phenoxy) is 2. The molecule has 0 saturated carbocycles. The van der Waals surface area contributed by atoms with Gasteiger partial charge in [0, 0.05) is 32.0 Å². The van der Waals surface area contributed by atoms with E-state index in [4.69, 9.17) is 15.2 Å². The summed E-state index contributed by atoms with van der Waals surface area (Å²) in [5, 5.41) is 30.3. The molecule has 3 aromatic rings. The molecule has 1 atom stereocenters. The number of nitrogens with one attached hydrogen (secondary N) is 1. The Bertz CT molecular complexity index is 1280. The van der Waals surface area contributed by atoms with Gasteiger partial charge in [-0.05, 0) is 42.5 Å². The first-order valence-electron chi connectivity index (χ1n) is 10.5. The minimum atomic E-state index is -3.48. The molecule has 0 spiro atoms. The topological polar surface area (TPSA) is 179 Å². The summed E-state index contributed by atoms with van der Waals surface area (Å²) in [6.07, 6.45) is 0.294. The number of amides is 1. The minimum absolute atomic E-state index is 0.0219.